The molecule has 1 atom stereocenters. The Labute approximate surface area is 212 Å². The first kappa shape index (κ1) is 27.3. The molecule has 1 aromatic heterocycles. The fourth-order valence-corrected chi connectivity index (χ4v) is 3.92. The lowest BCUT2D eigenvalue weighted by Crippen LogP contribution is -2.36. The summed E-state index contributed by atoms with van der Waals surface area (Å²) in [5.74, 6) is 1.03. The van der Waals surface area contributed by atoms with E-state index in [4.69, 9.17) is 14.3 Å². The summed E-state index contributed by atoms with van der Waals surface area (Å²) in [5, 5.41) is 29.9. The highest BCUT2D eigenvalue weighted by molar-refractivity contribution is 5.76. The molecule has 2 aromatic carbocycles. The number of nitrogens with zero attached hydrogens (tertiary/aromatic N) is 3. The molecular formula is C27H36N4O5. The average molecular weight is 497 g/mol. The standard InChI is InChI=1S/C27H36N4O5/c1-6-20-12-22(10-18(4)25(20)35-16-23(33)13-28-24(34)15-32)27-30-29-26(36-27)21-9-17(3)8-19(11-21)14-31(5)7-2/h8-12,23,32-33H,6-7,13-16H2,1-5H3,(H,28,34). The number of rotatable bonds is 12. The molecule has 0 radical (unpaired) electrons. The van der Waals surface area contributed by atoms with E-state index in [9.17, 15) is 9.90 Å². The zero-order valence-corrected chi connectivity index (χ0v) is 21.7. The molecule has 3 N–H and O–H groups in total. The molecule has 3 rings (SSSR count). The number of benzene rings is 2. The Bertz CT molecular complexity index is 1180. The molecule has 0 saturated carbocycles. The number of aromatic nitrogens is 2. The Morgan fingerprint density at radius 1 is 1.11 bits per heavy atom. The molecule has 0 spiro atoms. The van der Waals surface area contributed by atoms with Gasteiger partial charge < -0.3 is 29.6 Å². The molecule has 194 valence electrons. The molecule has 0 aliphatic heterocycles. The Balaban J connectivity index is 1.79. The van der Waals surface area contributed by atoms with Gasteiger partial charge in [-0.2, -0.15) is 0 Å². The topological polar surface area (TPSA) is 121 Å². The van der Waals surface area contributed by atoms with Crippen molar-refractivity contribution in [3.05, 3.63) is 52.6 Å². The fourth-order valence-electron chi connectivity index (χ4n) is 3.92. The number of ether oxygens (including phenoxy) is 1. The van der Waals surface area contributed by atoms with Gasteiger partial charge >= 0.3 is 0 Å². The third-order valence-corrected chi connectivity index (χ3v) is 5.88. The highest BCUT2D eigenvalue weighted by Gasteiger charge is 2.17. The van der Waals surface area contributed by atoms with Crippen molar-refractivity contribution in [2.45, 2.75) is 46.8 Å². The molecule has 1 amide bonds. The molecule has 0 fully saturated rings. The van der Waals surface area contributed by atoms with Crippen molar-refractivity contribution < 1.29 is 24.2 Å². The Kier molecular flexibility index (Phi) is 9.58. The first-order valence-electron chi connectivity index (χ1n) is 12.2. The summed E-state index contributed by atoms with van der Waals surface area (Å²) in [6, 6.07) is 10.2. The number of aliphatic hydroxyl groups is 2. The highest BCUT2D eigenvalue weighted by Crippen LogP contribution is 2.32. The molecule has 9 nitrogen and oxygen atoms in total. The van der Waals surface area contributed by atoms with E-state index in [1.54, 1.807) is 0 Å². The second kappa shape index (κ2) is 12.6. The number of carbonyl (C=O) groups excluding carboxylic acids is 1. The molecule has 1 unspecified atom stereocenters. The molecule has 1 heterocycles. The lowest BCUT2D eigenvalue weighted by atomic mass is 10.0. The Morgan fingerprint density at radius 3 is 2.44 bits per heavy atom. The molecule has 0 saturated heterocycles. The predicted octanol–water partition coefficient (Wildman–Crippen LogP) is 2.88. The van der Waals surface area contributed by atoms with Crippen LogP contribution in [-0.2, 0) is 17.8 Å². The first-order valence-corrected chi connectivity index (χ1v) is 12.2. The SMILES string of the molecule is CCc1cc(-c2nnc(-c3cc(C)cc(CN(C)CC)c3)o2)cc(C)c1OCC(O)CNC(=O)CO. The summed E-state index contributed by atoms with van der Waals surface area (Å²) in [4.78, 5) is 13.4. The van der Waals surface area contributed by atoms with Gasteiger partial charge in [-0.05, 0) is 74.8 Å². The van der Waals surface area contributed by atoms with Gasteiger partial charge in [-0.1, -0.05) is 25.5 Å². The van der Waals surface area contributed by atoms with Crippen LogP contribution in [0.3, 0.4) is 0 Å². The maximum absolute atomic E-state index is 11.2. The number of aryl methyl sites for hydroxylation is 3. The maximum atomic E-state index is 11.2. The Hall–Kier alpha value is -3.27. The predicted molar refractivity (Wildman–Crippen MR) is 138 cm³/mol. The first-order chi connectivity index (χ1) is 17.2. The van der Waals surface area contributed by atoms with Gasteiger partial charge in [-0.3, -0.25) is 4.79 Å². The Morgan fingerprint density at radius 2 is 1.81 bits per heavy atom. The van der Waals surface area contributed by atoms with Gasteiger partial charge in [0.1, 0.15) is 25.1 Å². The number of amides is 1. The van der Waals surface area contributed by atoms with Crippen LogP contribution in [0.25, 0.3) is 22.9 Å². The largest absolute Gasteiger partial charge is 0.490 e. The minimum atomic E-state index is -0.904. The van der Waals surface area contributed by atoms with Crippen molar-refractivity contribution in [3.8, 4) is 28.7 Å². The highest BCUT2D eigenvalue weighted by atomic mass is 16.5. The van der Waals surface area contributed by atoms with E-state index in [1.807, 2.05) is 32.0 Å². The van der Waals surface area contributed by atoms with Crippen LogP contribution in [-0.4, -0.2) is 70.7 Å². The van der Waals surface area contributed by atoms with Crippen molar-refractivity contribution in [1.82, 2.24) is 20.4 Å². The van der Waals surface area contributed by atoms with Crippen LogP contribution in [0.2, 0.25) is 0 Å². The fraction of sp³-hybridized carbons (Fsp3) is 0.444. The van der Waals surface area contributed by atoms with Crippen LogP contribution >= 0.6 is 0 Å². The van der Waals surface area contributed by atoms with Crippen molar-refractivity contribution in [2.75, 3.05) is 33.4 Å². The smallest absolute Gasteiger partial charge is 0.248 e. The van der Waals surface area contributed by atoms with E-state index in [2.05, 4.69) is 53.4 Å². The molecule has 0 aliphatic carbocycles. The summed E-state index contributed by atoms with van der Waals surface area (Å²) in [7, 11) is 2.09. The van der Waals surface area contributed by atoms with E-state index in [-0.39, 0.29) is 13.2 Å². The van der Waals surface area contributed by atoms with Gasteiger partial charge in [0.25, 0.3) is 0 Å². The minimum Gasteiger partial charge on any atom is -0.490 e. The number of nitrogens with one attached hydrogen (secondary N) is 1. The van der Waals surface area contributed by atoms with E-state index in [0.29, 0.717) is 24.0 Å². The summed E-state index contributed by atoms with van der Waals surface area (Å²) >= 11 is 0. The van der Waals surface area contributed by atoms with Gasteiger partial charge in [0.15, 0.2) is 0 Å². The number of hydrogen-bond donors (Lipinski definition) is 3. The molecular weight excluding hydrogens is 460 g/mol. The van der Waals surface area contributed by atoms with Gasteiger partial charge in [0.05, 0.1) is 0 Å². The van der Waals surface area contributed by atoms with E-state index < -0.39 is 18.6 Å². The summed E-state index contributed by atoms with van der Waals surface area (Å²) < 4.78 is 12.0. The minimum absolute atomic E-state index is 0.00183. The van der Waals surface area contributed by atoms with Gasteiger partial charge in [0, 0.05) is 24.2 Å². The monoisotopic (exact) mass is 496 g/mol. The van der Waals surface area contributed by atoms with Crippen LogP contribution in [0, 0.1) is 13.8 Å². The van der Waals surface area contributed by atoms with Crippen LogP contribution in [0.1, 0.15) is 36.1 Å². The lowest BCUT2D eigenvalue weighted by molar-refractivity contribution is -0.124. The molecule has 3 aromatic rings. The molecule has 0 bridgehead atoms. The summed E-state index contributed by atoms with van der Waals surface area (Å²) in [6.45, 7) is 9.32. The third-order valence-electron chi connectivity index (χ3n) is 5.88. The lowest BCUT2D eigenvalue weighted by Gasteiger charge is -2.17. The van der Waals surface area contributed by atoms with Crippen molar-refractivity contribution in [3.63, 3.8) is 0 Å². The molecule has 36 heavy (non-hydrogen) atoms. The van der Waals surface area contributed by atoms with Crippen LogP contribution in [0.5, 0.6) is 5.75 Å². The number of aliphatic hydroxyl groups excluding tert-OH is 2. The maximum Gasteiger partial charge on any atom is 0.248 e. The normalized spacial score (nSPS) is 12.1. The van der Waals surface area contributed by atoms with Gasteiger partial charge in [0.2, 0.25) is 17.7 Å². The molecule has 9 heteroatoms. The van der Waals surface area contributed by atoms with Crippen LogP contribution in [0.4, 0.5) is 0 Å². The van der Waals surface area contributed by atoms with Crippen molar-refractivity contribution >= 4 is 5.91 Å². The average Bonchev–Trinajstić information content (AvgIpc) is 3.36. The summed E-state index contributed by atoms with van der Waals surface area (Å²) in [6.07, 6.45) is -0.201. The second-order valence-electron chi connectivity index (χ2n) is 9.01. The van der Waals surface area contributed by atoms with Crippen LogP contribution in [0.15, 0.2) is 34.7 Å². The van der Waals surface area contributed by atoms with Crippen molar-refractivity contribution in [2.24, 2.45) is 0 Å². The van der Waals surface area contributed by atoms with Gasteiger partial charge in [-0.25, -0.2) is 0 Å². The van der Waals surface area contributed by atoms with E-state index >= 15 is 0 Å². The van der Waals surface area contributed by atoms with Crippen molar-refractivity contribution in [1.29, 1.82) is 0 Å². The third kappa shape index (κ3) is 7.13. The van der Waals surface area contributed by atoms with Gasteiger partial charge in [-0.15, -0.1) is 10.2 Å². The zero-order valence-electron chi connectivity index (χ0n) is 21.7. The quantitative estimate of drug-likeness (QED) is 0.350. The number of carbonyl (C=O) groups is 1. The zero-order chi connectivity index (χ0) is 26.2. The van der Waals surface area contributed by atoms with Crippen LogP contribution < -0.4 is 10.1 Å². The number of hydrogen-bond acceptors (Lipinski definition) is 8. The second-order valence-corrected chi connectivity index (χ2v) is 9.01. The molecule has 0 aliphatic rings. The van der Waals surface area contributed by atoms with E-state index in [1.165, 1.54) is 5.56 Å². The summed E-state index contributed by atoms with van der Waals surface area (Å²) in [5.41, 5.74) is 5.83. The van der Waals surface area contributed by atoms with E-state index in [0.717, 1.165) is 40.9 Å².